The number of benzene rings is 1. The fourth-order valence-electron chi connectivity index (χ4n) is 3.89. The van der Waals surface area contributed by atoms with Gasteiger partial charge in [-0.25, -0.2) is 4.99 Å². The third-order valence-corrected chi connectivity index (χ3v) is 6.68. The van der Waals surface area contributed by atoms with Gasteiger partial charge in [-0.3, -0.25) is 0 Å². The minimum absolute atomic E-state index is 0.540. The number of nitrogens with zero attached hydrogens (tertiary/aromatic N) is 5. The fraction of sp³-hybridized carbons (Fsp3) is 0.435. The molecule has 2 aromatic heterocycles. The third kappa shape index (κ3) is 5.27. The summed E-state index contributed by atoms with van der Waals surface area (Å²) in [7, 11) is 2.00. The van der Waals surface area contributed by atoms with E-state index in [-0.39, 0.29) is 0 Å². The van der Waals surface area contributed by atoms with E-state index in [1.807, 2.05) is 29.9 Å². The highest BCUT2D eigenvalue weighted by Crippen LogP contribution is 2.21. The molecule has 1 aliphatic rings. The molecule has 0 aliphatic carbocycles. The molecule has 4 rings (SSSR count). The molecule has 1 N–H and O–H groups in total. The van der Waals surface area contributed by atoms with Gasteiger partial charge in [-0.2, -0.15) is 0 Å². The molecule has 0 radical (unpaired) electrons. The molecule has 7 heteroatoms. The van der Waals surface area contributed by atoms with Gasteiger partial charge < -0.3 is 14.8 Å². The quantitative estimate of drug-likeness (QED) is 0.468. The number of thiophene rings is 1. The molecule has 1 aliphatic heterocycles. The van der Waals surface area contributed by atoms with E-state index < -0.39 is 0 Å². The summed E-state index contributed by atoms with van der Waals surface area (Å²) in [6.45, 7) is 5.47. The molecule has 30 heavy (non-hydrogen) atoms. The normalized spacial score (nSPS) is 16.9. The van der Waals surface area contributed by atoms with Crippen LogP contribution in [0, 0.1) is 12.8 Å². The van der Waals surface area contributed by atoms with E-state index in [0.29, 0.717) is 12.5 Å². The van der Waals surface area contributed by atoms with Crippen molar-refractivity contribution in [2.75, 3.05) is 19.6 Å². The van der Waals surface area contributed by atoms with E-state index in [1.54, 1.807) is 0 Å². The lowest BCUT2D eigenvalue weighted by atomic mass is 9.99. The zero-order valence-electron chi connectivity index (χ0n) is 17.8. The first kappa shape index (κ1) is 20.6. The smallest absolute Gasteiger partial charge is 0.194 e. The summed E-state index contributed by atoms with van der Waals surface area (Å²) >= 11 is 1.81. The molecule has 0 amide bonds. The van der Waals surface area contributed by atoms with Gasteiger partial charge in [0.2, 0.25) is 0 Å². The second kappa shape index (κ2) is 9.89. The molecule has 158 valence electrons. The fourth-order valence-corrected chi connectivity index (χ4v) is 4.60. The summed E-state index contributed by atoms with van der Waals surface area (Å²) in [5, 5.41) is 14.2. The number of hydrogen-bond donors (Lipinski definition) is 1. The predicted molar refractivity (Wildman–Crippen MR) is 123 cm³/mol. The van der Waals surface area contributed by atoms with E-state index in [1.165, 1.54) is 16.9 Å². The number of rotatable bonds is 7. The average molecular weight is 423 g/mol. The van der Waals surface area contributed by atoms with Crippen LogP contribution < -0.4 is 5.32 Å². The molecule has 3 heterocycles. The van der Waals surface area contributed by atoms with E-state index >= 15 is 0 Å². The zero-order chi connectivity index (χ0) is 20.8. The summed E-state index contributed by atoms with van der Waals surface area (Å²) in [5.74, 6) is 3.46. The average Bonchev–Trinajstić information content (AvgIpc) is 3.50. The molecular weight excluding hydrogens is 392 g/mol. The van der Waals surface area contributed by atoms with Crippen LogP contribution in [0.1, 0.15) is 28.5 Å². The Morgan fingerprint density at radius 1 is 1.20 bits per heavy atom. The van der Waals surface area contributed by atoms with Crippen molar-refractivity contribution in [1.29, 1.82) is 0 Å². The summed E-state index contributed by atoms with van der Waals surface area (Å²) < 4.78 is 2.01. The van der Waals surface area contributed by atoms with Crippen LogP contribution in [0.5, 0.6) is 0 Å². The Labute approximate surface area is 182 Å². The van der Waals surface area contributed by atoms with E-state index in [2.05, 4.69) is 68.3 Å². The van der Waals surface area contributed by atoms with Gasteiger partial charge in [-0.05, 0) is 49.1 Å². The maximum Gasteiger partial charge on any atom is 0.194 e. The number of likely N-dealkylation sites (tertiary alicyclic amines) is 1. The van der Waals surface area contributed by atoms with E-state index in [4.69, 9.17) is 4.99 Å². The highest BCUT2D eigenvalue weighted by atomic mass is 32.1. The van der Waals surface area contributed by atoms with Crippen molar-refractivity contribution >= 4 is 17.3 Å². The Morgan fingerprint density at radius 3 is 2.80 bits per heavy atom. The number of aromatic nitrogens is 3. The Balaban J connectivity index is 1.41. The van der Waals surface area contributed by atoms with Gasteiger partial charge in [0.05, 0.1) is 0 Å². The molecule has 0 spiro atoms. The standard InChI is InChI=1S/C23H30N6S/c1-18-26-27-22(28(18)2)16-25-23(24-12-10-21-9-6-14-30-21)29-13-11-20(17-29)15-19-7-4-3-5-8-19/h3-9,14,20H,10-13,15-17H2,1-2H3,(H,24,25). The van der Waals surface area contributed by atoms with Crippen LogP contribution in [0.2, 0.25) is 0 Å². The number of aryl methyl sites for hydroxylation is 1. The van der Waals surface area contributed by atoms with Crippen LogP contribution >= 0.6 is 11.3 Å². The number of guanidine groups is 1. The Bertz CT molecular complexity index is 948. The molecule has 1 fully saturated rings. The van der Waals surface area contributed by atoms with E-state index in [9.17, 15) is 0 Å². The van der Waals surface area contributed by atoms with Gasteiger partial charge in [0.1, 0.15) is 12.4 Å². The zero-order valence-corrected chi connectivity index (χ0v) is 18.6. The Kier molecular flexibility index (Phi) is 6.79. The van der Waals surface area contributed by atoms with Crippen molar-refractivity contribution in [1.82, 2.24) is 25.0 Å². The molecule has 0 bridgehead atoms. The summed E-state index contributed by atoms with van der Waals surface area (Å²) in [4.78, 5) is 8.73. The minimum Gasteiger partial charge on any atom is -0.356 e. The van der Waals surface area contributed by atoms with Crippen LogP contribution in [0.4, 0.5) is 0 Å². The van der Waals surface area contributed by atoms with Gasteiger partial charge in [-0.15, -0.1) is 21.5 Å². The summed E-state index contributed by atoms with van der Waals surface area (Å²) in [6.07, 6.45) is 3.34. The van der Waals surface area contributed by atoms with Crippen LogP contribution in [0.15, 0.2) is 52.8 Å². The van der Waals surface area contributed by atoms with Gasteiger partial charge in [0, 0.05) is 31.6 Å². The van der Waals surface area contributed by atoms with Crippen LogP contribution in [0.3, 0.4) is 0 Å². The highest BCUT2D eigenvalue weighted by molar-refractivity contribution is 7.09. The van der Waals surface area contributed by atoms with Crippen molar-refractivity contribution in [3.8, 4) is 0 Å². The SMILES string of the molecule is Cc1nnc(CN=C(NCCc2cccs2)N2CCC(Cc3ccccc3)C2)n1C. The van der Waals surface area contributed by atoms with Crippen LogP contribution in [-0.4, -0.2) is 45.3 Å². The first-order chi connectivity index (χ1) is 14.7. The monoisotopic (exact) mass is 422 g/mol. The van der Waals surface area contributed by atoms with Crippen LogP contribution in [-0.2, 0) is 26.4 Å². The first-order valence-electron chi connectivity index (χ1n) is 10.6. The Morgan fingerprint density at radius 2 is 2.07 bits per heavy atom. The lowest BCUT2D eigenvalue weighted by Crippen LogP contribution is -2.41. The van der Waals surface area contributed by atoms with Gasteiger partial charge >= 0.3 is 0 Å². The first-order valence-corrected chi connectivity index (χ1v) is 11.5. The van der Waals surface area contributed by atoms with Gasteiger partial charge in [0.15, 0.2) is 11.8 Å². The summed E-state index contributed by atoms with van der Waals surface area (Å²) in [5.41, 5.74) is 1.42. The molecule has 1 atom stereocenters. The predicted octanol–water partition coefficient (Wildman–Crippen LogP) is 3.44. The summed E-state index contributed by atoms with van der Waals surface area (Å²) in [6, 6.07) is 15.1. The molecule has 1 saturated heterocycles. The van der Waals surface area contributed by atoms with Gasteiger partial charge in [-0.1, -0.05) is 36.4 Å². The molecule has 1 unspecified atom stereocenters. The van der Waals surface area contributed by atoms with Crippen LogP contribution in [0.25, 0.3) is 0 Å². The maximum absolute atomic E-state index is 4.92. The van der Waals surface area contributed by atoms with Gasteiger partial charge in [0.25, 0.3) is 0 Å². The van der Waals surface area contributed by atoms with Crippen molar-refractivity contribution in [2.45, 2.75) is 32.7 Å². The largest absolute Gasteiger partial charge is 0.356 e. The highest BCUT2D eigenvalue weighted by Gasteiger charge is 2.25. The molecule has 1 aromatic carbocycles. The minimum atomic E-state index is 0.540. The third-order valence-electron chi connectivity index (χ3n) is 5.74. The lowest BCUT2D eigenvalue weighted by molar-refractivity contribution is 0.458. The molecule has 0 saturated carbocycles. The van der Waals surface area contributed by atoms with Crippen molar-refractivity contribution < 1.29 is 0 Å². The number of aliphatic imine (C=N–C) groups is 1. The second-order valence-corrected chi connectivity index (χ2v) is 8.94. The maximum atomic E-state index is 4.92. The number of hydrogen-bond acceptors (Lipinski definition) is 4. The topological polar surface area (TPSA) is 58.3 Å². The van der Waals surface area contributed by atoms with Crippen molar-refractivity contribution in [3.05, 3.63) is 69.9 Å². The van der Waals surface area contributed by atoms with Crippen molar-refractivity contribution in [2.24, 2.45) is 18.0 Å². The molecule has 3 aromatic rings. The molecule has 6 nitrogen and oxygen atoms in total. The van der Waals surface area contributed by atoms with E-state index in [0.717, 1.165) is 50.1 Å². The Hall–Kier alpha value is -2.67. The lowest BCUT2D eigenvalue weighted by Gasteiger charge is -2.22. The number of nitrogens with one attached hydrogen (secondary N) is 1. The van der Waals surface area contributed by atoms with Crippen molar-refractivity contribution in [3.63, 3.8) is 0 Å². The molecular formula is C23H30N6S. The second-order valence-electron chi connectivity index (χ2n) is 7.91.